The van der Waals surface area contributed by atoms with E-state index in [4.69, 9.17) is 4.74 Å². The topological polar surface area (TPSA) is 74.7 Å². The van der Waals surface area contributed by atoms with Crippen LogP contribution in [0.1, 0.15) is 37.3 Å². The first kappa shape index (κ1) is 24.4. The van der Waals surface area contributed by atoms with E-state index >= 15 is 0 Å². The van der Waals surface area contributed by atoms with Crippen LogP contribution in [-0.2, 0) is 17.6 Å². The second-order valence-corrected chi connectivity index (χ2v) is 9.59. The quantitative estimate of drug-likeness (QED) is 0.410. The number of likely N-dealkylation sites (tertiary alicyclic amines) is 1. The first-order valence-corrected chi connectivity index (χ1v) is 12.9. The molecule has 1 aromatic heterocycles. The number of benzene rings is 2. The Hall–Kier alpha value is -2.74. The summed E-state index contributed by atoms with van der Waals surface area (Å²) in [7, 11) is 0. The average Bonchev–Trinajstić information content (AvgIpc) is 3.31. The van der Waals surface area contributed by atoms with E-state index < -0.39 is 0 Å². The number of nitrogens with one attached hydrogen (secondary N) is 1. The molecule has 3 aromatic rings. The molecule has 1 amide bonds. The van der Waals surface area contributed by atoms with Crippen molar-refractivity contribution in [2.45, 2.75) is 45.1 Å². The van der Waals surface area contributed by atoms with Crippen LogP contribution >= 0.6 is 11.3 Å². The minimum absolute atomic E-state index is 0.0910. The van der Waals surface area contributed by atoms with Crippen molar-refractivity contribution >= 4 is 22.4 Å². The van der Waals surface area contributed by atoms with Crippen LogP contribution in [0.4, 0.5) is 5.13 Å². The van der Waals surface area contributed by atoms with Gasteiger partial charge in [-0.25, -0.2) is 4.98 Å². The lowest BCUT2D eigenvalue weighted by Crippen LogP contribution is -2.36. The summed E-state index contributed by atoms with van der Waals surface area (Å²) in [5, 5.41) is 15.1. The lowest BCUT2D eigenvalue weighted by atomic mass is 10.1. The number of amides is 1. The first-order valence-electron chi connectivity index (χ1n) is 12.1. The molecular formula is C27H33N3O3S. The number of piperidine rings is 1. The molecule has 0 aliphatic carbocycles. The fraction of sp³-hybridized carbons (Fsp3) is 0.407. The molecule has 7 heteroatoms. The van der Waals surface area contributed by atoms with Gasteiger partial charge in [-0.3, -0.25) is 4.79 Å². The van der Waals surface area contributed by atoms with Crippen LogP contribution in [0, 0.1) is 0 Å². The molecule has 0 unspecified atom stereocenters. The number of anilines is 1. The van der Waals surface area contributed by atoms with Gasteiger partial charge in [-0.2, -0.15) is 0 Å². The van der Waals surface area contributed by atoms with Gasteiger partial charge in [0.1, 0.15) is 5.75 Å². The normalized spacial score (nSPS) is 14.8. The maximum atomic E-state index is 12.6. The number of aromatic nitrogens is 1. The monoisotopic (exact) mass is 479 g/mol. The second kappa shape index (κ2) is 12.1. The molecule has 2 N–H and O–H groups in total. The SMILES string of the molecule is CCc1ccc(-c2csc(NC(=O)Cc3cccc(OCCCN4CCC(O)CC4)c3)n2)cc1. The van der Waals surface area contributed by atoms with E-state index in [0.717, 1.165) is 67.9 Å². The van der Waals surface area contributed by atoms with Crippen molar-refractivity contribution in [1.29, 1.82) is 0 Å². The van der Waals surface area contributed by atoms with Gasteiger partial charge in [-0.1, -0.05) is 43.3 Å². The van der Waals surface area contributed by atoms with E-state index in [9.17, 15) is 9.90 Å². The summed E-state index contributed by atoms with van der Waals surface area (Å²) >= 11 is 1.44. The van der Waals surface area contributed by atoms with Gasteiger partial charge in [0.15, 0.2) is 5.13 Å². The standard InChI is InChI=1S/C27H33N3O3S/c1-2-20-7-9-22(10-8-20)25-19-34-27(28-25)29-26(32)18-21-5-3-6-24(17-21)33-16-4-13-30-14-11-23(31)12-15-30/h3,5-10,17,19,23,31H,2,4,11-16,18H2,1H3,(H,28,29,32). The molecule has 1 aliphatic heterocycles. The molecule has 0 spiro atoms. The Labute approximate surface area is 205 Å². The van der Waals surface area contributed by atoms with E-state index in [1.807, 2.05) is 29.6 Å². The number of ether oxygens (including phenoxy) is 1. The largest absolute Gasteiger partial charge is 0.494 e. The van der Waals surface area contributed by atoms with Crippen LogP contribution in [0.25, 0.3) is 11.3 Å². The van der Waals surface area contributed by atoms with Crippen molar-refractivity contribution in [3.8, 4) is 17.0 Å². The molecule has 0 radical (unpaired) electrons. The number of hydrogen-bond acceptors (Lipinski definition) is 6. The van der Waals surface area contributed by atoms with E-state index in [1.165, 1.54) is 16.9 Å². The number of rotatable bonds is 10. The van der Waals surface area contributed by atoms with Gasteiger partial charge in [0.05, 0.1) is 24.8 Å². The lowest BCUT2D eigenvalue weighted by molar-refractivity contribution is -0.115. The van der Waals surface area contributed by atoms with Crippen molar-refractivity contribution < 1.29 is 14.6 Å². The van der Waals surface area contributed by atoms with Gasteiger partial charge in [0.25, 0.3) is 0 Å². The van der Waals surface area contributed by atoms with Crippen LogP contribution in [0.3, 0.4) is 0 Å². The number of carbonyl (C=O) groups excluding carboxylic acids is 1. The van der Waals surface area contributed by atoms with Gasteiger partial charge < -0.3 is 20.1 Å². The Morgan fingerprint density at radius 3 is 2.74 bits per heavy atom. The fourth-order valence-electron chi connectivity index (χ4n) is 4.09. The number of aliphatic hydroxyl groups excluding tert-OH is 1. The summed E-state index contributed by atoms with van der Waals surface area (Å²) in [5.74, 6) is 0.693. The van der Waals surface area contributed by atoms with Gasteiger partial charge in [-0.15, -0.1) is 11.3 Å². The van der Waals surface area contributed by atoms with Crippen molar-refractivity contribution in [2.24, 2.45) is 0 Å². The minimum Gasteiger partial charge on any atom is -0.494 e. The highest BCUT2D eigenvalue weighted by molar-refractivity contribution is 7.14. The van der Waals surface area contributed by atoms with Crippen LogP contribution in [0.5, 0.6) is 5.75 Å². The number of aryl methyl sites for hydroxylation is 1. The first-order chi connectivity index (χ1) is 16.6. The lowest BCUT2D eigenvalue weighted by Gasteiger charge is -2.29. The average molecular weight is 480 g/mol. The highest BCUT2D eigenvalue weighted by atomic mass is 32.1. The molecule has 180 valence electrons. The third-order valence-corrected chi connectivity index (χ3v) is 6.87. The molecular weight excluding hydrogens is 446 g/mol. The summed E-state index contributed by atoms with van der Waals surface area (Å²) < 4.78 is 5.91. The highest BCUT2D eigenvalue weighted by Crippen LogP contribution is 2.25. The number of carbonyl (C=O) groups is 1. The molecule has 1 aliphatic rings. The third kappa shape index (κ3) is 7.13. The summed E-state index contributed by atoms with van der Waals surface area (Å²) in [5.41, 5.74) is 4.13. The van der Waals surface area contributed by atoms with Crippen LogP contribution in [-0.4, -0.2) is 53.2 Å². The third-order valence-electron chi connectivity index (χ3n) is 6.12. The molecule has 0 atom stereocenters. The maximum Gasteiger partial charge on any atom is 0.230 e. The number of aliphatic hydroxyl groups is 1. The Balaban J connectivity index is 1.22. The number of nitrogens with zero attached hydrogens (tertiary/aromatic N) is 2. The molecule has 0 bridgehead atoms. The van der Waals surface area contributed by atoms with Gasteiger partial charge >= 0.3 is 0 Å². The van der Waals surface area contributed by atoms with E-state index in [1.54, 1.807) is 0 Å². The number of thiazole rings is 1. The van der Waals surface area contributed by atoms with E-state index in [0.29, 0.717) is 11.7 Å². The predicted molar refractivity (Wildman–Crippen MR) is 137 cm³/mol. The van der Waals surface area contributed by atoms with Crippen molar-refractivity contribution in [3.63, 3.8) is 0 Å². The molecule has 2 aromatic carbocycles. The molecule has 6 nitrogen and oxygen atoms in total. The molecule has 0 saturated carbocycles. The summed E-state index contributed by atoms with van der Waals surface area (Å²) in [6.45, 7) is 5.66. The highest BCUT2D eigenvalue weighted by Gasteiger charge is 2.16. The fourth-order valence-corrected chi connectivity index (χ4v) is 4.83. The van der Waals surface area contributed by atoms with Crippen LogP contribution in [0.15, 0.2) is 53.9 Å². The van der Waals surface area contributed by atoms with E-state index in [-0.39, 0.29) is 18.4 Å². The molecule has 34 heavy (non-hydrogen) atoms. The summed E-state index contributed by atoms with van der Waals surface area (Å²) in [4.78, 5) is 19.5. The Morgan fingerprint density at radius 1 is 1.18 bits per heavy atom. The zero-order valence-electron chi connectivity index (χ0n) is 19.7. The second-order valence-electron chi connectivity index (χ2n) is 8.74. The molecule has 1 fully saturated rings. The predicted octanol–water partition coefficient (Wildman–Crippen LogP) is 4.78. The van der Waals surface area contributed by atoms with Crippen LogP contribution in [0.2, 0.25) is 0 Å². The smallest absolute Gasteiger partial charge is 0.230 e. The molecule has 2 heterocycles. The molecule has 4 rings (SSSR count). The zero-order valence-corrected chi connectivity index (χ0v) is 20.5. The molecule has 1 saturated heterocycles. The number of hydrogen-bond donors (Lipinski definition) is 2. The van der Waals surface area contributed by atoms with Crippen molar-refractivity contribution in [1.82, 2.24) is 9.88 Å². The van der Waals surface area contributed by atoms with E-state index in [2.05, 4.69) is 46.4 Å². The minimum atomic E-state index is -0.136. The van der Waals surface area contributed by atoms with Crippen molar-refractivity contribution in [3.05, 3.63) is 65.0 Å². The van der Waals surface area contributed by atoms with Crippen LogP contribution < -0.4 is 10.1 Å². The van der Waals surface area contributed by atoms with Gasteiger partial charge in [-0.05, 0) is 48.9 Å². The van der Waals surface area contributed by atoms with Gasteiger partial charge in [0, 0.05) is 30.6 Å². The summed E-state index contributed by atoms with van der Waals surface area (Å²) in [6.07, 6.45) is 3.80. The Bertz CT molecular complexity index is 1060. The van der Waals surface area contributed by atoms with Gasteiger partial charge in [0.2, 0.25) is 5.91 Å². The maximum absolute atomic E-state index is 12.6. The Morgan fingerprint density at radius 2 is 1.97 bits per heavy atom. The van der Waals surface area contributed by atoms with Crippen molar-refractivity contribution in [2.75, 3.05) is 31.6 Å². The zero-order chi connectivity index (χ0) is 23.8. The Kier molecular flexibility index (Phi) is 8.68. The summed E-state index contributed by atoms with van der Waals surface area (Å²) in [6, 6.07) is 16.1.